The SMILES string of the molecule is Cc1ccc(CC(CCl)Cc2cc(C)cc(C)c2)cc1. The van der Waals surface area contributed by atoms with E-state index < -0.39 is 0 Å². The average molecular weight is 287 g/mol. The zero-order chi connectivity index (χ0) is 14.5. The number of aryl methyl sites for hydroxylation is 3. The molecule has 0 saturated carbocycles. The lowest BCUT2D eigenvalue weighted by molar-refractivity contribution is 0.583. The molecule has 20 heavy (non-hydrogen) atoms. The van der Waals surface area contributed by atoms with Gasteiger partial charge in [-0.3, -0.25) is 0 Å². The van der Waals surface area contributed by atoms with E-state index in [-0.39, 0.29) is 0 Å². The molecule has 0 aromatic heterocycles. The van der Waals surface area contributed by atoms with Crippen LogP contribution in [0.5, 0.6) is 0 Å². The molecule has 0 amide bonds. The number of hydrogen-bond acceptors (Lipinski definition) is 0. The fourth-order valence-corrected chi connectivity index (χ4v) is 2.98. The van der Waals surface area contributed by atoms with Crippen LogP contribution in [0.2, 0.25) is 0 Å². The Morgan fingerprint density at radius 2 is 1.30 bits per heavy atom. The van der Waals surface area contributed by atoms with Gasteiger partial charge in [0.25, 0.3) is 0 Å². The molecule has 2 aromatic rings. The van der Waals surface area contributed by atoms with Crippen LogP contribution >= 0.6 is 11.6 Å². The second-order valence-electron chi connectivity index (χ2n) is 5.91. The Morgan fingerprint density at radius 3 is 1.85 bits per heavy atom. The minimum atomic E-state index is 0.501. The van der Waals surface area contributed by atoms with Crippen molar-refractivity contribution in [1.82, 2.24) is 0 Å². The summed E-state index contributed by atoms with van der Waals surface area (Å²) in [6.45, 7) is 6.44. The van der Waals surface area contributed by atoms with Crippen LogP contribution in [0.15, 0.2) is 42.5 Å². The monoisotopic (exact) mass is 286 g/mol. The van der Waals surface area contributed by atoms with E-state index in [1.54, 1.807) is 0 Å². The first-order valence-corrected chi connectivity index (χ1v) is 7.79. The lowest BCUT2D eigenvalue weighted by Gasteiger charge is -2.15. The minimum Gasteiger partial charge on any atom is -0.126 e. The largest absolute Gasteiger partial charge is 0.126 e. The van der Waals surface area contributed by atoms with Crippen LogP contribution < -0.4 is 0 Å². The molecule has 1 unspecified atom stereocenters. The summed E-state index contributed by atoms with van der Waals surface area (Å²) < 4.78 is 0. The lowest BCUT2D eigenvalue weighted by Crippen LogP contribution is -2.10. The third-order valence-corrected chi connectivity index (χ3v) is 4.11. The molecule has 0 spiro atoms. The van der Waals surface area contributed by atoms with Crippen molar-refractivity contribution in [2.75, 3.05) is 5.88 Å². The van der Waals surface area contributed by atoms with Gasteiger partial charge >= 0.3 is 0 Å². The molecule has 0 nitrogen and oxygen atoms in total. The maximum absolute atomic E-state index is 6.18. The molecule has 0 aliphatic heterocycles. The van der Waals surface area contributed by atoms with E-state index in [0.29, 0.717) is 11.8 Å². The van der Waals surface area contributed by atoms with Gasteiger partial charge in [-0.25, -0.2) is 0 Å². The highest BCUT2D eigenvalue weighted by Gasteiger charge is 2.10. The fourth-order valence-electron chi connectivity index (χ4n) is 2.76. The molecule has 2 rings (SSSR count). The van der Waals surface area contributed by atoms with Crippen molar-refractivity contribution >= 4 is 11.6 Å². The van der Waals surface area contributed by atoms with Gasteiger partial charge in [-0.15, -0.1) is 11.6 Å². The standard InChI is InChI=1S/C19H23Cl/c1-14-4-6-17(7-5-14)11-19(13-20)12-18-9-15(2)8-16(3)10-18/h4-10,19H,11-13H2,1-3H3. The van der Waals surface area contributed by atoms with Gasteiger partial charge in [0.2, 0.25) is 0 Å². The number of benzene rings is 2. The van der Waals surface area contributed by atoms with Gasteiger partial charge in [0, 0.05) is 5.88 Å². The third-order valence-electron chi connectivity index (χ3n) is 3.67. The Balaban J connectivity index is 2.06. The first-order chi connectivity index (χ1) is 9.56. The Kier molecular flexibility index (Phi) is 5.25. The highest BCUT2D eigenvalue weighted by molar-refractivity contribution is 6.18. The van der Waals surface area contributed by atoms with Gasteiger partial charge in [0.15, 0.2) is 0 Å². The smallest absolute Gasteiger partial charge is 0.0258 e. The molecule has 0 saturated heterocycles. The van der Waals surface area contributed by atoms with Gasteiger partial charge in [-0.05, 0) is 50.7 Å². The zero-order valence-electron chi connectivity index (χ0n) is 12.6. The van der Waals surface area contributed by atoms with Crippen LogP contribution in [-0.4, -0.2) is 5.88 Å². The Morgan fingerprint density at radius 1 is 0.750 bits per heavy atom. The highest BCUT2D eigenvalue weighted by Crippen LogP contribution is 2.19. The van der Waals surface area contributed by atoms with Crippen molar-refractivity contribution in [2.24, 2.45) is 5.92 Å². The van der Waals surface area contributed by atoms with Crippen molar-refractivity contribution in [3.05, 3.63) is 70.3 Å². The molecular weight excluding hydrogens is 264 g/mol. The summed E-state index contributed by atoms with van der Waals surface area (Å²) in [5.41, 5.74) is 6.77. The van der Waals surface area contributed by atoms with Crippen LogP contribution in [-0.2, 0) is 12.8 Å². The van der Waals surface area contributed by atoms with E-state index in [0.717, 1.165) is 12.8 Å². The molecular formula is C19H23Cl. The van der Waals surface area contributed by atoms with E-state index in [4.69, 9.17) is 11.6 Å². The summed E-state index contributed by atoms with van der Waals surface area (Å²) in [6, 6.07) is 15.6. The van der Waals surface area contributed by atoms with Gasteiger partial charge < -0.3 is 0 Å². The van der Waals surface area contributed by atoms with Gasteiger partial charge in [0.05, 0.1) is 0 Å². The maximum atomic E-state index is 6.18. The molecule has 0 aliphatic carbocycles. The second kappa shape index (κ2) is 6.95. The normalized spacial score (nSPS) is 12.4. The fraction of sp³-hybridized carbons (Fsp3) is 0.368. The number of halogens is 1. The van der Waals surface area contributed by atoms with Crippen LogP contribution in [0, 0.1) is 26.7 Å². The van der Waals surface area contributed by atoms with Crippen molar-refractivity contribution < 1.29 is 0 Å². The van der Waals surface area contributed by atoms with E-state index in [9.17, 15) is 0 Å². The summed E-state index contributed by atoms with van der Waals surface area (Å²) in [5, 5.41) is 0. The van der Waals surface area contributed by atoms with Gasteiger partial charge in [-0.2, -0.15) is 0 Å². The minimum absolute atomic E-state index is 0.501. The summed E-state index contributed by atoms with van der Waals surface area (Å²) in [7, 11) is 0. The maximum Gasteiger partial charge on any atom is 0.0258 e. The zero-order valence-corrected chi connectivity index (χ0v) is 13.4. The van der Waals surface area contributed by atoms with Crippen molar-refractivity contribution in [3.63, 3.8) is 0 Å². The van der Waals surface area contributed by atoms with E-state index in [1.807, 2.05) is 0 Å². The second-order valence-corrected chi connectivity index (χ2v) is 6.22. The van der Waals surface area contributed by atoms with E-state index >= 15 is 0 Å². The molecule has 1 atom stereocenters. The molecule has 0 aliphatic rings. The summed E-state index contributed by atoms with van der Waals surface area (Å²) in [6.07, 6.45) is 2.11. The molecule has 1 heteroatoms. The van der Waals surface area contributed by atoms with E-state index in [2.05, 4.69) is 63.2 Å². The third kappa shape index (κ3) is 4.38. The molecule has 2 aromatic carbocycles. The van der Waals surface area contributed by atoms with Crippen LogP contribution in [0.4, 0.5) is 0 Å². The first-order valence-electron chi connectivity index (χ1n) is 7.25. The van der Waals surface area contributed by atoms with Gasteiger partial charge in [0.1, 0.15) is 0 Å². The quantitative estimate of drug-likeness (QED) is 0.658. The van der Waals surface area contributed by atoms with Gasteiger partial charge in [-0.1, -0.05) is 59.2 Å². The Hall–Kier alpha value is -1.27. The molecule has 106 valence electrons. The van der Waals surface area contributed by atoms with Crippen molar-refractivity contribution in [3.8, 4) is 0 Å². The average Bonchev–Trinajstić information content (AvgIpc) is 2.39. The number of hydrogen-bond donors (Lipinski definition) is 0. The Labute approximate surface area is 127 Å². The molecule has 0 radical (unpaired) electrons. The lowest BCUT2D eigenvalue weighted by atomic mass is 9.92. The molecule has 0 heterocycles. The van der Waals surface area contributed by atoms with Crippen molar-refractivity contribution in [1.29, 1.82) is 0 Å². The highest BCUT2D eigenvalue weighted by atomic mass is 35.5. The summed E-state index contributed by atoms with van der Waals surface area (Å²) in [4.78, 5) is 0. The first kappa shape index (κ1) is 15.1. The van der Waals surface area contributed by atoms with Crippen LogP contribution in [0.25, 0.3) is 0 Å². The summed E-state index contributed by atoms with van der Waals surface area (Å²) in [5.74, 6) is 1.21. The van der Waals surface area contributed by atoms with Crippen LogP contribution in [0.3, 0.4) is 0 Å². The molecule has 0 bridgehead atoms. The number of rotatable bonds is 5. The predicted octanol–water partition coefficient (Wildman–Crippen LogP) is 5.25. The topological polar surface area (TPSA) is 0 Å². The van der Waals surface area contributed by atoms with Crippen molar-refractivity contribution in [2.45, 2.75) is 33.6 Å². The Bertz CT molecular complexity index is 534. The number of alkyl halides is 1. The molecule has 0 N–H and O–H groups in total. The molecule has 0 fully saturated rings. The summed E-state index contributed by atoms with van der Waals surface area (Å²) >= 11 is 6.18. The van der Waals surface area contributed by atoms with Crippen LogP contribution in [0.1, 0.15) is 27.8 Å². The van der Waals surface area contributed by atoms with E-state index in [1.165, 1.54) is 27.8 Å². The predicted molar refractivity (Wildman–Crippen MR) is 88.7 cm³/mol.